The number of carbonyl (C=O) groups is 1. The van der Waals surface area contributed by atoms with E-state index in [0.29, 0.717) is 11.7 Å². The number of hydrogen-bond acceptors (Lipinski definition) is 4. The number of carbonyl (C=O) groups excluding carboxylic acids is 1. The van der Waals surface area contributed by atoms with E-state index in [9.17, 15) is 13.2 Å². The van der Waals surface area contributed by atoms with Gasteiger partial charge in [-0.25, -0.2) is 8.42 Å². The quantitative estimate of drug-likeness (QED) is 0.660. The normalized spacial score (nSPS) is 22.8. The van der Waals surface area contributed by atoms with Crippen LogP contribution < -0.4 is 0 Å². The first kappa shape index (κ1) is 11.9. The van der Waals surface area contributed by atoms with E-state index in [1.807, 2.05) is 0 Å². The van der Waals surface area contributed by atoms with Gasteiger partial charge in [-0.05, 0) is 37.0 Å². The summed E-state index contributed by atoms with van der Waals surface area (Å²) in [5, 5.41) is 0. The third kappa shape index (κ3) is 3.20. The van der Waals surface area contributed by atoms with E-state index >= 15 is 0 Å². The SMILES string of the molecule is COC(=O)CC1(CS(=O)(=O)CC2CC2)CC1. The largest absolute Gasteiger partial charge is 0.469 e. The Labute approximate surface area is 96.3 Å². The lowest BCUT2D eigenvalue weighted by atomic mass is 10.1. The van der Waals surface area contributed by atoms with E-state index in [4.69, 9.17) is 0 Å². The molecular weight excluding hydrogens is 228 g/mol. The van der Waals surface area contributed by atoms with Crippen LogP contribution in [0.3, 0.4) is 0 Å². The molecule has 0 aromatic rings. The molecule has 0 aliphatic heterocycles. The molecule has 5 heteroatoms. The zero-order valence-electron chi connectivity index (χ0n) is 9.57. The van der Waals surface area contributed by atoms with E-state index < -0.39 is 9.84 Å². The van der Waals surface area contributed by atoms with Crippen LogP contribution in [0, 0.1) is 11.3 Å². The van der Waals surface area contributed by atoms with Gasteiger partial charge in [-0.2, -0.15) is 0 Å². The van der Waals surface area contributed by atoms with Gasteiger partial charge >= 0.3 is 5.97 Å². The van der Waals surface area contributed by atoms with Crippen LogP contribution >= 0.6 is 0 Å². The molecule has 0 atom stereocenters. The molecule has 0 amide bonds. The number of rotatable bonds is 6. The van der Waals surface area contributed by atoms with E-state index in [-0.39, 0.29) is 23.6 Å². The monoisotopic (exact) mass is 246 g/mol. The van der Waals surface area contributed by atoms with Crippen molar-refractivity contribution in [2.24, 2.45) is 11.3 Å². The molecule has 2 aliphatic rings. The van der Waals surface area contributed by atoms with Gasteiger partial charge in [0.1, 0.15) is 0 Å². The minimum absolute atomic E-state index is 0.172. The summed E-state index contributed by atoms with van der Waals surface area (Å²) < 4.78 is 28.3. The molecule has 0 heterocycles. The Balaban J connectivity index is 1.90. The van der Waals surface area contributed by atoms with Crippen molar-refractivity contribution in [3.05, 3.63) is 0 Å². The first-order chi connectivity index (χ1) is 7.45. The Bertz CT molecular complexity index is 377. The Morgan fingerprint density at radius 1 is 1.38 bits per heavy atom. The zero-order chi connectivity index (χ0) is 11.8. The summed E-state index contributed by atoms with van der Waals surface area (Å²) in [6.07, 6.45) is 4.03. The average molecular weight is 246 g/mol. The molecule has 0 N–H and O–H groups in total. The Kier molecular flexibility index (Phi) is 2.99. The minimum Gasteiger partial charge on any atom is -0.469 e. The van der Waals surface area contributed by atoms with E-state index in [1.165, 1.54) is 7.11 Å². The highest BCUT2D eigenvalue weighted by molar-refractivity contribution is 7.91. The van der Waals surface area contributed by atoms with Crippen LogP contribution in [0.25, 0.3) is 0 Å². The minimum atomic E-state index is -2.98. The molecule has 2 aliphatic carbocycles. The van der Waals surface area contributed by atoms with Crippen LogP contribution in [0.15, 0.2) is 0 Å². The Morgan fingerprint density at radius 3 is 2.44 bits per heavy atom. The van der Waals surface area contributed by atoms with Crippen molar-refractivity contribution >= 4 is 15.8 Å². The van der Waals surface area contributed by atoms with Crippen LogP contribution in [0.4, 0.5) is 0 Å². The molecule has 2 fully saturated rings. The first-order valence-corrected chi connectivity index (χ1v) is 7.54. The number of ether oxygens (including phenoxy) is 1. The number of sulfone groups is 1. The molecular formula is C11H18O4S. The van der Waals surface area contributed by atoms with Gasteiger partial charge in [0.25, 0.3) is 0 Å². The Hall–Kier alpha value is -0.580. The highest BCUT2D eigenvalue weighted by Gasteiger charge is 2.48. The van der Waals surface area contributed by atoms with Gasteiger partial charge < -0.3 is 4.74 Å². The first-order valence-electron chi connectivity index (χ1n) is 5.72. The number of methoxy groups -OCH3 is 1. The summed E-state index contributed by atoms with van der Waals surface area (Å²) in [4.78, 5) is 11.2. The number of hydrogen-bond donors (Lipinski definition) is 0. The highest BCUT2D eigenvalue weighted by atomic mass is 32.2. The van der Waals surface area contributed by atoms with E-state index in [0.717, 1.165) is 25.7 Å². The second-order valence-corrected chi connectivity index (χ2v) is 7.36. The van der Waals surface area contributed by atoms with Crippen LogP contribution in [0.2, 0.25) is 0 Å². The van der Waals surface area contributed by atoms with Crippen LogP contribution in [0.1, 0.15) is 32.1 Å². The summed E-state index contributed by atoms with van der Waals surface area (Å²) >= 11 is 0. The maximum Gasteiger partial charge on any atom is 0.306 e. The standard InChI is InChI=1S/C11H18O4S/c1-15-10(12)6-11(4-5-11)8-16(13,14)7-9-2-3-9/h9H,2-8H2,1H3. The van der Waals surface area contributed by atoms with Gasteiger partial charge in [-0.15, -0.1) is 0 Å². The fourth-order valence-electron chi connectivity index (χ4n) is 2.10. The zero-order valence-corrected chi connectivity index (χ0v) is 10.4. The van der Waals surface area contributed by atoms with Crippen molar-refractivity contribution in [3.8, 4) is 0 Å². The molecule has 2 rings (SSSR count). The Morgan fingerprint density at radius 2 is 2.00 bits per heavy atom. The molecule has 4 nitrogen and oxygen atoms in total. The molecule has 0 radical (unpaired) electrons. The lowest BCUT2D eigenvalue weighted by molar-refractivity contribution is -0.141. The fraction of sp³-hybridized carbons (Fsp3) is 0.909. The van der Waals surface area contributed by atoms with Gasteiger partial charge in [0.05, 0.1) is 25.0 Å². The lowest BCUT2D eigenvalue weighted by Crippen LogP contribution is -2.23. The van der Waals surface area contributed by atoms with Crippen molar-refractivity contribution in [3.63, 3.8) is 0 Å². The van der Waals surface area contributed by atoms with Gasteiger partial charge in [-0.3, -0.25) is 4.79 Å². The van der Waals surface area contributed by atoms with Crippen LogP contribution in [-0.4, -0.2) is 33.0 Å². The van der Waals surface area contributed by atoms with Gasteiger partial charge in [0.2, 0.25) is 0 Å². The van der Waals surface area contributed by atoms with Gasteiger partial charge in [0.15, 0.2) is 9.84 Å². The predicted octanol–water partition coefficient (Wildman–Crippen LogP) is 1.15. The maximum atomic E-state index is 11.9. The summed E-state index contributed by atoms with van der Waals surface area (Å²) in [5.41, 5.74) is -0.291. The third-order valence-electron chi connectivity index (χ3n) is 3.42. The van der Waals surface area contributed by atoms with Gasteiger partial charge in [-0.1, -0.05) is 0 Å². The van der Waals surface area contributed by atoms with Crippen LogP contribution in [-0.2, 0) is 19.4 Å². The molecule has 0 bridgehead atoms. The van der Waals surface area contributed by atoms with Crippen molar-refractivity contribution in [2.45, 2.75) is 32.1 Å². The van der Waals surface area contributed by atoms with E-state index in [2.05, 4.69) is 4.74 Å². The molecule has 2 saturated carbocycles. The van der Waals surface area contributed by atoms with Crippen molar-refractivity contribution in [1.29, 1.82) is 0 Å². The maximum absolute atomic E-state index is 11.9. The summed E-state index contributed by atoms with van der Waals surface area (Å²) in [6, 6.07) is 0. The van der Waals surface area contributed by atoms with Crippen LogP contribution in [0.5, 0.6) is 0 Å². The smallest absolute Gasteiger partial charge is 0.306 e. The number of esters is 1. The molecule has 0 aromatic carbocycles. The fourth-order valence-corrected chi connectivity index (χ4v) is 4.59. The molecule has 0 unspecified atom stereocenters. The third-order valence-corrected chi connectivity index (χ3v) is 5.45. The van der Waals surface area contributed by atoms with Crippen molar-refractivity contribution in [2.75, 3.05) is 18.6 Å². The molecule has 92 valence electrons. The second-order valence-electron chi connectivity index (χ2n) is 5.25. The van der Waals surface area contributed by atoms with Crippen molar-refractivity contribution < 1.29 is 17.9 Å². The second kappa shape index (κ2) is 4.02. The topological polar surface area (TPSA) is 60.4 Å². The molecule has 0 aromatic heterocycles. The molecule has 0 spiro atoms. The predicted molar refractivity (Wildman–Crippen MR) is 59.7 cm³/mol. The molecule has 0 saturated heterocycles. The molecule has 16 heavy (non-hydrogen) atoms. The summed E-state index contributed by atoms with van der Waals surface area (Å²) in [5.74, 6) is 0.583. The van der Waals surface area contributed by atoms with Gasteiger partial charge in [0, 0.05) is 0 Å². The lowest BCUT2D eigenvalue weighted by Gasteiger charge is -2.13. The van der Waals surface area contributed by atoms with Crippen molar-refractivity contribution in [1.82, 2.24) is 0 Å². The average Bonchev–Trinajstić information content (AvgIpc) is 3.04. The highest BCUT2D eigenvalue weighted by Crippen LogP contribution is 2.50. The van der Waals surface area contributed by atoms with E-state index in [1.54, 1.807) is 0 Å². The summed E-state index contributed by atoms with van der Waals surface area (Å²) in [6.45, 7) is 0. The summed E-state index contributed by atoms with van der Waals surface area (Å²) in [7, 11) is -1.63.